The fourth-order valence-corrected chi connectivity index (χ4v) is 1.90. The van der Waals surface area contributed by atoms with Crippen LogP contribution in [0.1, 0.15) is 5.56 Å². The van der Waals surface area contributed by atoms with Crippen molar-refractivity contribution >= 4 is 11.6 Å². The number of ether oxygens (including phenoxy) is 3. The van der Waals surface area contributed by atoms with Crippen molar-refractivity contribution in [3.8, 4) is 23.0 Å². The monoisotopic (exact) mass is 296 g/mol. The van der Waals surface area contributed by atoms with Gasteiger partial charge in [0.25, 0.3) is 0 Å². The third-order valence-electron chi connectivity index (χ3n) is 2.75. The first-order chi connectivity index (χ1) is 9.69. The summed E-state index contributed by atoms with van der Waals surface area (Å²) in [5.41, 5.74) is 0.684. The van der Waals surface area contributed by atoms with Gasteiger partial charge in [-0.25, -0.2) is 4.39 Å². The van der Waals surface area contributed by atoms with Crippen molar-refractivity contribution in [2.75, 3.05) is 14.2 Å². The summed E-state index contributed by atoms with van der Waals surface area (Å²) in [5.74, 6) is 1.10. The van der Waals surface area contributed by atoms with Crippen molar-refractivity contribution in [1.29, 1.82) is 0 Å². The van der Waals surface area contributed by atoms with Crippen LogP contribution in [0.15, 0.2) is 36.4 Å². The van der Waals surface area contributed by atoms with Gasteiger partial charge in [0, 0.05) is 5.88 Å². The molecule has 0 aromatic heterocycles. The average Bonchev–Trinajstić information content (AvgIpc) is 2.49. The molecule has 20 heavy (non-hydrogen) atoms. The third-order valence-corrected chi connectivity index (χ3v) is 3.05. The Balaban J connectivity index is 2.39. The zero-order valence-electron chi connectivity index (χ0n) is 11.2. The summed E-state index contributed by atoms with van der Waals surface area (Å²) in [6.45, 7) is 0. The molecule has 3 nitrogen and oxygen atoms in total. The number of rotatable bonds is 5. The van der Waals surface area contributed by atoms with Crippen molar-refractivity contribution in [3.63, 3.8) is 0 Å². The van der Waals surface area contributed by atoms with Gasteiger partial charge in [-0.05, 0) is 29.8 Å². The lowest BCUT2D eigenvalue weighted by atomic mass is 10.2. The van der Waals surface area contributed by atoms with E-state index in [0.717, 1.165) is 0 Å². The van der Waals surface area contributed by atoms with Gasteiger partial charge < -0.3 is 14.2 Å². The van der Waals surface area contributed by atoms with Gasteiger partial charge in [-0.3, -0.25) is 0 Å². The number of alkyl halides is 1. The summed E-state index contributed by atoms with van der Waals surface area (Å²) in [6, 6.07) is 9.75. The second kappa shape index (κ2) is 6.48. The van der Waals surface area contributed by atoms with Gasteiger partial charge in [0.1, 0.15) is 0 Å². The summed E-state index contributed by atoms with van der Waals surface area (Å²) in [5, 5.41) is 0. The first-order valence-electron chi connectivity index (χ1n) is 5.92. The Hall–Kier alpha value is -1.94. The van der Waals surface area contributed by atoms with Crippen LogP contribution < -0.4 is 14.2 Å². The van der Waals surface area contributed by atoms with Gasteiger partial charge in [0.15, 0.2) is 23.1 Å². The number of hydrogen-bond donors (Lipinski definition) is 0. The molecule has 2 rings (SSSR count). The molecule has 2 aromatic rings. The summed E-state index contributed by atoms with van der Waals surface area (Å²) in [7, 11) is 3.02. The van der Waals surface area contributed by atoms with Crippen molar-refractivity contribution in [2.45, 2.75) is 5.88 Å². The summed E-state index contributed by atoms with van der Waals surface area (Å²) >= 11 is 5.66. The van der Waals surface area contributed by atoms with Gasteiger partial charge in [-0.15, -0.1) is 11.6 Å². The maximum Gasteiger partial charge on any atom is 0.211 e. The van der Waals surface area contributed by atoms with Crippen LogP contribution in [0.3, 0.4) is 0 Å². The molecule has 106 valence electrons. The standard InChI is InChI=1S/C15H14ClFO3/c1-18-13-4-3-5-14(19-2)15(13)20-12-7-6-10(9-16)8-11(12)17/h3-8H,9H2,1-2H3. The zero-order chi connectivity index (χ0) is 14.5. The quantitative estimate of drug-likeness (QED) is 0.767. The Morgan fingerprint density at radius 3 is 2.15 bits per heavy atom. The Morgan fingerprint density at radius 1 is 1.00 bits per heavy atom. The molecule has 0 spiro atoms. The highest BCUT2D eigenvalue weighted by atomic mass is 35.5. The Labute approximate surface area is 121 Å². The molecule has 0 bridgehead atoms. The van der Waals surface area contributed by atoms with E-state index in [2.05, 4.69) is 0 Å². The minimum Gasteiger partial charge on any atom is -0.493 e. The number of methoxy groups -OCH3 is 2. The van der Waals surface area contributed by atoms with Crippen LogP contribution in [-0.4, -0.2) is 14.2 Å². The van der Waals surface area contributed by atoms with Crippen LogP contribution in [0.4, 0.5) is 4.39 Å². The predicted molar refractivity (Wildman–Crippen MR) is 75.6 cm³/mol. The molecular formula is C15H14ClFO3. The Kier molecular flexibility index (Phi) is 4.69. The maximum absolute atomic E-state index is 13.9. The van der Waals surface area contributed by atoms with Gasteiger partial charge in [-0.1, -0.05) is 12.1 Å². The van der Waals surface area contributed by atoms with Crippen LogP contribution in [-0.2, 0) is 5.88 Å². The second-order valence-corrected chi connectivity index (χ2v) is 4.26. The number of para-hydroxylation sites is 1. The Morgan fingerprint density at radius 2 is 1.65 bits per heavy atom. The van der Waals surface area contributed by atoms with Crippen molar-refractivity contribution < 1.29 is 18.6 Å². The Bertz CT molecular complexity index is 579. The van der Waals surface area contributed by atoms with Gasteiger partial charge in [0.05, 0.1) is 14.2 Å². The molecular weight excluding hydrogens is 283 g/mol. The smallest absolute Gasteiger partial charge is 0.211 e. The molecule has 0 saturated heterocycles. The molecule has 0 fully saturated rings. The van der Waals surface area contributed by atoms with Gasteiger partial charge >= 0.3 is 0 Å². The van der Waals surface area contributed by atoms with Crippen molar-refractivity contribution in [2.24, 2.45) is 0 Å². The molecule has 5 heteroatoms. The average molecular weight is 297 g/mol. The van der Waals surface area contributed by atoms with E-state index in [0.29, 0.717) is 22.8 Å². The van der Waals surface area contributed by atoms with E-state index in [4.69, 9.17) is 25.8 Å². The van der Waals surface area contributed by atoms with Crippen LogP contribution in [0.25, 0.3) is 0 Å². The fraction of sp³-hybridized carbons (Fsp3) is 0.200. The van der Waals surface area contributed by atoms with Crippen LogP contribution in [0.5, 0.6) is 23.0 Å². The summed E-state index contributed by atoms with van der Waals surface area (Å²) in [6.07, 6.45) is 0. The molecule has 0 amide bonds. The number of halogens is 2. The normalized spacial score (nSPS) is 10.2. The van der Waals surface area contributed by atoms with Crippen LogP contribution in [0.2, 0.25) is 0 Å². The minimum atomic E-state index is -0.490. The molecule has 0 saturated carbocycles. The van der Waals surface area contributed by atoms with E-state index < -0.39 is 5.82 Å². The number of benzene rings is 2. The third kappa shape index (κ3) is 2.96. The van der Waals surface area contributed by atoms with E-state index in [9.17, 15) is 4.39 Å². The molecule has 0 aliphatic rings. The SMILES string of the molecule is COc1cccc(OC)c1Oc1ccc(CCl)cc1F. The maximum atomic E-state index is 13.9. The molecule has 0 radical (unpaired) electrons. The molecule has 0 unspecified atom stereocenters. The van der Waals surface area contributed by atoms with E-state index in [1.54, 1.807) is 24.3 Å². The number of hydrogen-bond acceptors (Lipinski definition) is 3. The fourth-order valence-electron chi connectivity index (χ4n) is 1.74. The van der Waals surface area contributed by atoms with E-state index in [1.807, 2.05) is 0 Å². The van der Waals surface area contributed by atoms with Gasteiger partial charge in [-0.2, -0.15) is 0 Å². The second-order valence-electron chi connectivity index (χ2n) is 3.99. The lowest BCUT2D eigenvalue weighted by Gasteiger charge is -2.14. The lowest BCUT2D eigenvalue weighted by Crippen LogP contribution is -1.96. The highest BCUT2D eigenvalue weighted by Gasteiger charge is 2.14. The molecule has 0 N–H and O–H groups in total. The topological polar surface area (TPSA) is 27.7 Å². The zero-order valence-corrected chi connectivity index (χ0v) is 11.9. The largest absolute Gasteiger partial charge is 0.493 e. The molecule has 0 atom stereocenters. The van der Waals surface area contributed by atoms with E-state index >= 15 is 0 Å². The predicted octanol–water partition coefficient (Wildman–Crippen LogP) is 4.37. The molecule has 0 aliphatic heterocycles. The van der Waals surface area contributed by atoms with Crippen molar-refractivity contribution in [1.82, 2.24) is 0 Å². The van der Waals surface area contributed by atoms with E-state index in [-0.39, 0.29) is 11.6 Å². The van der Waals surface area contributed by atoms with Gasteiger partial charge in [0.2, 0.25) is 5.75 Å². The van der Waals surface area contributed by atoms with Crippen molar-refractivity contribution in [3.05, 3.63) is 47.8 Å². The first-order valence-corrected chi connectivity index (χ1v) is 6.46. The van der Waals surface area contributed by atoms with Crippen LogP contribution >= 0.6 is 11.6 Å². The first kappa shape index (κ1) is 14.5. The molecule has 0 aliphatic carbocycles. The molecule has 0 heterocycles. The van der Waals surface area contributed by atoms with E-state index in [1.165, 1.54) is 26.4 Å². The minimum absolute atomic E-state index is 0.0849. The highest BCUT2D eigenvalue weighted by Crippen LogP contribution is 2.40. The van der Waals surface area contributed by atoms with Crippen LogP contribution in [0, 0.1) is 5.82 Å². The summed E-state index contributed by atoms with van der Waals surface area (Å²) in [4.78, 5) is 0. The highest BCUT2D eigenvalue weighted by molar-refractivity contribution is 6.17. The summed E-state index contributed by atoms with van der Waals surface area (Å²) < 4.78 is 29.9. The lowest BCUT2D eigenvalue weighted by molar-refractivity contribution is 0.340. The molecule has 2 aromatic carbocycles.